The number of hydrogen-bond donors (Lipinski definition) is 4. The highest BCUT2D eigenvalue weighted by Gasteiger charge is 2.28. The molecule has 0 aliphatic carbocycles. The number of amides is 2. The predicted octanol–water partition coefficient (Wildman–Crippen LogP) is 3.42. The number of ether oxygens (including phenoxy) is 3. The van der Waals surface area contributed by atoms with E-state index in [-0.39, 0.29) is 11.5 Å². The first-order valence-electron chi connectivity index (χ1n) is 9.90. The molecule has 2 aromatic rings. The molecule has 0 radical (unpaired) electrons. The summed E-state index contributed by atoms with van der Waals surface area (Å²) >= 11 is 0. The first kappa shape index (κ1) is 25.2. The van der Waals surface area contributed by atoms with Crippen LogP contribution in [0.2, 0.25) is 0 Å². The van der Waals surface area contributed by atoms with Gasteiger partial charge >= 0.3 is 6.09 Å². The minimum absolute atomic E-state index is 0.134. The van der Waals surface area contributed by atoms with Crippen LogP contribution in [0.5, 0.6) is 11.5 Å². The lowest BCUT2D eigenvalue weighted by atomic mass is 9.99. The Morgan fingerprint density at radius 2 is 1.91 bits per heavy atom. The van der Waals surface area contributed by atoms with Crippen LogP contribution in [0.15, 0.2) is 54.6 Å². The van der Waals surface area contributed by atoms with E-state index in [1.165, 1.54) is 44.0 Å². The Labute approximate surface area is 191 Å². The summed E-state index contributed by atoms with van der Waals surface area (Å²) < 4.78 is 16.2. The number of nitriles is 1. The van der Waals surface area contributed by atoms with E-state index < -0.39 is 24.2 Å². The third kappa shape index (κ3) is 7.53. The molecule has 0 bridgehead atoms. The standard InChI is InChI=1S/C23H25N3O7/c1-31-19-12-9-16(13-18(19)27)22(20(32-2)5-3-4-6-21(28)26-30)33-23(29)25-17-10-7-15(14-24)8-11-17/h4,6-13,20,22,27,30H,3,5H2,1-2H3,(H,25,29)(H,26,28)/b6-4+/t20-,22-/m1/s1. The van der Waals surface area contributed by atoms with Crippen LogP contribution in [0.25, 0.3) is 0 Å². The molecule has 174 valence electrons. The minimum atomic E-state index is -0.912. The molecule has 2 atom stereocenters. The van der Waals surface area contributed by atoms with E-state index in [0.29, 0.717) is 29.7 Å². The van der Waals surface area contributed by atoms with Crippen molar-refractivity contribution in [1.82, 2.24) is 5.48 Å². The summed E-state index contributed by atoms with van der Waals surface area (Å²) in [4.78, 5) is 23.7. The number of anilines is 1. The molecule has 33 heavy (non-hydrogen) atoms. The molecule has 0 heterocycles. The highest BCUT2D eigenvalue weighted by atomic mass is 16.6. The normalized spacial score (nSPS) is 12.4. The van der Waals surface area contributed by atoms with Gasteiger partial charge in [-0.25, -0.2) is 10.3 Å². The van der Waals surface area contributed by atoms with Crippen molar-refractivity contribution in [2.45, 2.75) is 25.0 Å². The molecule has 10 nitrogen and oxygen atoms in total. The second-order valence-electron chi connectivity index (χ2n) is 6.80. The molecule has 2 amide bonds. The van der Waals surface area contributed by atoms with Gasteiger partial charge in [-0.15, -0.1) is 0 Å². The SMILES string of the molecule is COc1ccc([C@@H](OC(=O)Nc2ccc(C#N)cc2)[C@@H](CC/C=C/C(=O)NO)OC)cc1O. The van der Waals surface area contributed by atoms with Crippen LogP contribution in [0.4, 0.5) is 10.5 Å². The molecular weight excluding hydrogens is 430 g/mol. The number of nitrogens with zero attached hydrogens (tertiary/aromatic N) is 1. The van der Waals surface area contributed by atoms with E-state index >= 15 is 0 Å². The third-order valence-corrected chi connectivity index (χ3v) is 4.66. The Bertz CT molecular complexity index is 1020. The van der Waals surface area contributed by atoms with Gasteiger partial charge in [0.25, 0.3) is 5.91 Å². The molecule has 0 aromatic heterocycles. The van der Waals surface area contributed by atoms with Gasteiger partial charge in [0.05, 0.1) is 24.8 Å². The summed E-state index contributed by atoms with van der Waals surface area (Å²) in [5.74, 6) is -0.546. The van der Waals surface area contributed by atoms with E-state index in [9.17, 15) is 14.7 Å². The smallest absolute Gasteiger partial charge is 0.412 e. The van der Waals surface area contributed by atoms with E-state index in [0.717, 1.165) is 0 Å². The fourth-order valence-corrected chi connectivity index (χ4v) is 3.01. The number of aromatic hydroxyl groups is 1. The van der Waals surface area contributed by atoms with E-state index in [4.69, 9.17) is 24.7 Å². The zero-order valence-corrected chi connectivity index (χ0v) is 18.1. The zero-order chi connectivity index (χ0) is 24.2. The number of carbonyl (C=O) groups excluding carboxylic acids is 2. The number of hydrogen-bond acceptors (Lipinski definition) is 8. The number of benzene rings is 2. The van der Waals surface area contributed by atoms with Crippen molar-refractivity contribution >= 4 is 17.7 Å². The molecule has 0 fully saturated rings. The first-order chi connectivity index (χ1) is 15.9. The summed E-state index contributed by atoms with van der Waals surface area (Å²) in [7, 11) is 2.87. The maximum Gasteiger partial charge on any atom is 0.412 e. The lowest BCUT2D eigenvalue weighted by molar-refractivity contribution is -0.124. The fraction of sp³-hybridized carbons (Fsp3) is 0.261. The molecule has 0 spiro atoms. The molecule has 0 aliphatic heterocycles. The molecule has 0 unspecified atom stereocenters. The second-order valence-corrected chi connectivity index (χ2v) is 6.80. The van der Waals surface area contributed by atoms with Crippen molar-refractivity contribution in [3.05, 3.63) is 65.7 Å². The number of rotatable bonds is 10. The summed E-state index contributed by atoms with van der Waals surface area (Å²) in [5.41, 5.74) is 2.84. The zero-order valence-electron chi connectivity index (χ0n) is 18.1. The Morgan fingerprint density at radius 3 is 2.48 bits per heavy atom. The van der Waals surface area contributed by atoms with Gasteiger partial charge in [-0.2, -0.15) is 5.26 Å². The lowest BCUT2D eigenvalue weighted by Crippen LogP contribution is -2.28. The summed E-state index contributed by atoms with van der Waals surface area (Å²) in [6.45, 7) is 0. The minimum Gasteiger partial charge on any atom is -0.504 e. The van der Waals surface area contributed by atoms with Crippen molar-refractivity contribution in [3.63, 3.8) is 0 Å². The molecule has 2 aromatic carbocycles. The number of carbonyl (C=O) groups is 2. The van der Waals surface area contributed by atoms with Gasteiger partial charge in [0.15, 0.2) is 17.6 Å². The number of phenolic OH excluding ortho intramolecular Hbond substituents is 1. The largest absolute Gasteiger partial charge is 0.504 e. The Hall–Kier alpha value is -4.07. The highest BCUT2D eigenvalue weighted by molar-refractivity contribution is 5.86. The molecule has 10 heteroatoms. The maximum absolute atomic E-state index is 12.6. The highest BCUT2D eigenvalue weighted by Crippen LogP contribution is 2.33. The predicted molar refractivity (Wildman–Crippen MR) is 118 cm³/mol. The van der Waals surface area contributed by atoms with Crippen molar-refractivity contribution < 1.29 is 34.1 Å². The summed E-state index contributed by atoms with van der Waals surface area (Å²) in [6.07, 6.45) is 1.13. The quantitative estimate of drug-likeness (QED) is 0.242. The number of allylic oxidation sites excluding steroid dienone is 1. The van der Waals surface area contributed by atoms with Gasteiger partial charge in [-0.05, 0) is 54.8 Å². The molecule has 4 N–H and O–H groups in total. The summed E-state index contributed by atoms with van der Waals surface area (Å²) in [5, 5.41) is 30.2. The molecule has 0 aliphatic rings. The van der Waals surface area contributed by atoms with Gasteiger partial charge in [-0.1, -0.05) is 12.1 Å². The fourth-order valence-electron chi connectivity index (χ4n) is 3.01. The van der Waals surface area contributed by atoms with Crippen molar-refractivity contribution in [2.24, 2.45) is 0 Å². The number of methoxy groups -OCH3 is 2. The van der Waals surface area contributed by atoms with E-state index in [2.05, 4.69) is 5.32 Å². The average molecular weight is 455 g/mol. The van der Waals surface area contributed by atoms with Crippen LogP contribution in [0.1, 0.15) is 30.1 Å². The average Bonchev–Trinajstić information content (AvgIpc) is 2.83. The van der Waals surface area contributed by atoms with Crippen LogP contribution in [0.3, 0.4) is 0 Å². The van der Waals surface area contributed by atoms with Gasteiger partial charge < -0.3 is 19.3 Å². The second kappa shape index (κ2) is 12.7. The van der Waals surface area contributed by atoms with Crippen molar-refractivity contribution in [1.29, 1.82) is 5.26 Å². The number of nitrogens with one attached hydrogen (secondary N) is 2. The Balaban J connectivity index is 2.21. The van der Waals surface area contributed by atoms with Crippen LogP contribution in [0, 0.1) is 11.3 Å². The van der Waals surface area contributed by atoms with Gasteiger partial charge in [0.2, 0.25) is 0 Å². The topological polar surface area (TPSA) is 150 Å². The van der Waals surface area contributed by atoms with Crippen molar-refractivity contribution in [3.8, 4) is 17.6 Å². The molecule has 2 rings (SSSR count). The van der Waals surface area contributed by atoms with Crippen LogP contribution in [-0.4, -0.2) is 42.6 Å². The van der Waals surface area contributed by atoms with Gasteiger partial charge in [0.1, 0.15) is 0 Å². The molecule has 0 saturated heterocycles. The van der Waals surface area contributed by atoms with Crippen LogP contribution >= 0.6 is 0 Å². The van der Waals surface area contributed by atoms with Crippen LogP contribution < -0.4 is 15.5 Å². The van der Waals surface area contributed by atoms with Gasteiger partial charge in [0, 0.05) is 18.9 Å². The number of hydroxylamine groups is 1. The van der Waals surface area contributed by atoms with Crippen LogP contribution in [-0.2, 0) is 14.3 Å². The molecular formula is C23H25N3O7. The van der Waals surface area contributed by atoms with E-state index in [1.54, 1.807) is 30.3 Å². The molecule has 0 saturated carbocycles. The Morgan fingerprint density at radius 1 is 1.18 bits per heavy atom. The van der Waals surface area contributed by atoms with E-state index in [1.807, 2.05) is 6.07 Å². The van der Waals surface area contributed by atoms with Gasteiger partial charge in [-0.3, -0.25) is 15.3 Å². The maximum atomic E-state index is 12.6. The third-order valence-electron chi connectivity index (χ3n) is 4.66. The monoisotopic (exact) mass is 455 g/mol. The Kier molecular flexibility index (Phi) is 9.70. The first-order valence-corrected chi connectivity index (χ1v) is 9.90. The van der Waals surface area contributed by atoms with Crippen molar-refractivity contribution in [2.75, 3.05) is 19.5 Å². The summed E-state index contributed by atoms with van der Waals surface area (Å²) in [6, 6.07) is 12.8. The number of phenols is 1. The lowest BCUT2D eigenvalue weighted by Gasteiger charge is -2.26.